The van der Waals surface area contributed by atoms with Crippen LogP contribution in [0, 0.1) is 46.3 Å². The molecule has 4 aliphatic rings. The summed E-state index contributed by atoms with van der Waals surface area (Å²) in [4.78, 5) is 0. The first-order chi connectivity index (χ1) is 13.9. The molecule has 4 aliphatic carbocycles. The van der Waals surface area contributed by atoms with E-state index in [2.05, 4.69) is 27.7 Å². The third-order valence-electron chi connectivity index (χ3n) is 11.1. The molecule has 174 valence electrons. The summed E-state index contributed by atoms with van der Waals surface area (Å²) in [5.41, 5.74) is -2.19. The van der Waals surface area contributed by atoms with Gasteiger partial charge in [0, 0.05) is 7.11 Å². The molecular weight excluding hydrogens is 389 g/mol. The van der Waals surface area contributed by atoms with Gasteiger partial charge < -0.3 is 9.84 Å². The lowest BCUT2D eigenvalue weighted by Gasteiger charge is -2.62. The van der Waals surface area contributed by atoms with Crippen LogP contribution in [0.15, 0.2) is 0 Å². The van der Waals surface area contributed by atoms with Gasteiger partial charge in [-0.15, -0.1) is 0 Å². The largest absolute Gasteiger partial charge is 0.417 e. The van der Waals surface area contributed by atoms with E-state index in [1.165, 1.54) is 19.3 Å². The molecule has 0 amide bonds. The maximum Gasteiger partial charge on any atom is 0.417 e. The number of alkyl halides is 3. The maximum atomic E-state index is 13.5. The predicted molar refractivity (Wildman–Crippen MR) is 112 cm³/mol. The fraction of sp³-hybridized carbons (Fsp3) is 1.00. The molecule has 4 fully saturated rings. The number of hydrogen-bond acceptors (Lipinski definition) is 2. The third-order valence-corrected chi connectivity index (χ3v) is 11.1. The van der Waals surface area contributed by atoms with E-state index in [0.717, 1.165) is 19.3 Å². The Morgan fingerprint density at radius 3 is 2.20 bits per heavy atom. The van der Waals surface area contributed by atoms with E-state index >= 15 is 0 Å². The first kappa shape index (κ1) is 22.9. The second kappa shape index (κ2) is 7.37. The summed E-state index contributed by atoms with van der Waals surface area (Å²) in [6.07, 6.45) is 2.77. The van der Waals surface area contributed by atoms with Crippen molar-refractivity contribution in [3.8, 4) is 0 Å². The normalized spacial score (nSPS) is 50.9. The van der Waals surface area contributed by atoms with Crippen LogP contribution in [-0.2, 0) is 4.74 Å². The van der Waals surface area contributed by atoms with Crippen LogP contribution in [0.5, 0.6) is 0 Å². The molecule has 4 rings (SSSR count). The van der Waals surface area contributed by atoms with Gasteiger partial charge >= 0.3 is 6.18 Å². The number of methoxy groups -OCH3 is 1. The molecule has 30 heavy (non-hydrogen) atoms. The fourth-order valence-corrected chi connectivity index (χ4v) is 8.95. The number of halogens is 3. The molecule has 1 N–H and O–H groups in total. The van der Waals surface area contributed by atoms with E-state index < -0.39 is 11.8 Å². The van der Waals surface area contributed by atoms with Crippen molar-refractivity contribution in [1.29, 1.82) is 0 Å². The van der Waals surface area contributed by atoms with Gasteiger partial charge in [0.2, 0.25) is 0 Å². The molecule has 0 saturated heterocycles. The van der Waals surface area contributed by atoms with E-state index in [1.807, 2.05) is 0 Å². The Morgan fingerprint density at radius 2 is 1.57 bits per heavy atom. The minimum atomic E-state index is -4.51. The topological polar surface area (TPSA) is 29.5 Å². The Balaban J connectivity index is 1.55. The lowest BCUT2D eigenvalue weighted by molar-refractivity contribution is -0.290. The van der Waals surface area contributed by atoms with Crippen LogP contribution >= 0.6 is 0 Å². The zero-order chi connectivity index (χ0) is 22.1. The zero-order valence-corrected chi connectivity index (χ0v) is 19.4. The molecule has 0 aromatic carbocycles. The highest BCUT2D eigenvalue weighted by molar-refractivity contribution is 5.11. The average molecular weight is 431 g/mol. The van der Waals surface area contributed by atoms with Crippen LogP contribution in [0.1, 0.15) is 85.5 Å². The molecule has 0 unspecified atom stereocenters. The Kier molecular flexibility index (Phi) is 5.62. The monoisotopic (exact) mass is 430 g/mol. The van der Waals surface area contributed by atoms with Crippen LogP contribution in [0.4, 0.5) is 13.2 Å². The van der Waals surface area contributed by atoms with Crippen molar-refractivity contribution < 1.29 is 23.0 Å². The maximum absolute atomic E-state index is 13.5. The predicted octanol–water partition coefficient (Wildman–Crippen LogP) is 6.61. The minimum Gasteiger partial charge on any atom is -0.381 e. The van der Waals surface area contributed by atoms with Gasteiger partial charge in [0.25, 0.3) is 0 Å². The number of hydrogen-bond donors (Lipinski definition) is 1. The van der Waals surface area contributed by atoms with E-state index in [0.29, 0.717) is 41.4 Å². The Bertz CT molecular complexity index is 651. The second-order valence-electron chi connectivity index (χ2n) is 11.9. The summed E-state index contributed by atoms with van der Waals surface area (Å²) in [5, 5.41) is 10.4. The molecule has 0 radical (unpaired) electrons. The van der Waals surface area contributed by atoms with Crippen molar-refractivity contribution >= 4 is 0 Å². The lowest BCUT2D eigenvalue weighted by Crippen LogP contribution is -2.59. The summed E-state index contributed by atoms with van der Waals surface area (Å²) in [6.45, 7) is 9.29. The zero-order valence-electron chi connectivity index (χ0n) is 19.4. The molecule has 2 nitrogen and oxygen atoms in total. The van der Waals surface area contributed by atoms with Crippen molar-refractivity contribution in [3.63, 3.8) is 0 Å². The quantitative estimate of drug-likeness (QED) is 0.546. The molecule has 0 spiro atoms. The molecule has 4 saturated carbocycles. The van der Waals surface area contributed by atoms with Crippen molar-refractivity contribution in [1.82, 2.24) is 0 Å². The summed E-state index contributed by atoms with van der Waals surface area (Å²) < 4.78 is 46.2. The van der Waals surface area contributed by atoms with Crippen LogP contribution in [-0.4, -0.2) is 30.1 Å². The van der Waals surface area contributed by atoms with Crippen LogP contribution in [0.25, 0.3) is 0 Å². The Hall–Kier alpha value is -0.290. The smallest absolute Gasteiger partial charge is 0.381 e. The summed E-state index contributed by atoms with van der Waals surface area (Å²) in [7, 11) is 1.81. The lowest BCUT2D eigenvalue weighted by atomic mass is 9.43. The fourth-order valence-electron chi connectivity index (χ4n) is 8.95. The summed E-state index contributed by atoms with van der Waals surface area (Å²) >= 11 is 0. The molecule has 0 aliphatic heterocycles. The molecule has 10 atom stereocenters. The number of fused-ring (bicyclic) bond motifs is 5. The van der Waals surface area contributed by atoms with Gasteiger partial charge in [-0.2, -0.15) is 13.2 Å². The number of aliphatic hydroxyl groups is 1. The van der Waals surface area contributed by atoms with Crippen molar-refractivity contribution in [3.05, 3.63) is 0 Å². The highest BCUT2D eigenvalue weighted by Gasteiger charge is 2.65. The van der Waals surface area contributed by atoms with Crippen LogP contribution in [0.2, 0.25) is 0 Å². The van der Waals surface area contributed by atoms with Gasteiger partial charge in [-0.3, -0.25) is 0 Å². The van der Waals surface area contributed by atoms with Gasteiger partial charge in [0.05, 0.1) is 6.10 Å². The third kappa shape index (κ3) is 3.19. The molecule has 0 heterocycles. The van der Waals surface area contributed by atoms with Gasteiger partial charge in [-0.25, -0.2) is 0 Å². The SMILES string of the molecule is CO[C@H](C)[C@@H](C)[C@H]1CC[C@H]2[C@@H]3CC[C@@H]4C[C@@](O)(C(F)(F)F)CC[C@]4(C)[C@H]3CC[C@]12C. The van der Waals surface area contributed by atoms with E-state index in [-0.39, 0.29) is 30.3 Å². The average Bonchev–Trinajstić information content (AvgIpc) is 3.03. The Labute approximate surface area is 180 Å². The summed E-state index contributed by atoms with van der Waals surface area (Å²) in [5.74, 6) is 3.04. The first-order valence-corrected chi connectivity index (χ1v) is 12.2. The standard InChI is InChI=1S/C25H41F3O2/c1-15(16(2)30-5)19-8-9-20-18-7-6-17-14-24(29,25(26,27)28)13-12-22(17,3)21(18)10-11-23(19,20)4/h15-21,29H,6-14H2,1-5H3/t15-,16-,17-,18+,19-,20+,21+,22+,23-,24-/m1/s1. The minimum absolute atomic E-state index is 0.00637. The van der Waals surface area contributed by atoms with Gasteiger partial charge in [-0.05, 0) is 111 Å². The van der Waals surface area contributed by atoms with Crippen molar-refractivity contribution in [2.45, 2.75) is 103 Å². The van der Waals surface area contributed by atoms with E-state index in [9.17, 15) is 18.3 Å². The van der Waals surface area contributed by atoms with E-state index in [4.69, 9.17) is 4.74 Å². The van der Waals surface area contributed by atoms with Crippen LogP contribution in [0.3, 0.4) is 0 Å². The highest BCUT2D eigenvalue weighted by Crippen LogP contribution is 2.69. The molecule has 0 aromatic rings. The molecular formula is C25H41F3O2. The van der Waals surface area contributed by atoms with Gasteiger partial charge in [0.15, 0.2) is 5.60 Å². The van der Waals surface area contributed by atoms with Crippen molar-refractivity contribution in [2.75, 3.05) is 7.11 Å². The second-order valence-corrected chi connectivity index (χ2v) is 11.9. The van der Waals surface area contributed by atoms with Crippen molar-refractivity contribution in [2.24, 2.45) is 46.3 Å². The summed E-state index contributed by atoms with van der Waals surface area (Å²) in [6, 6.07) is 0. The van der Waals surface area contributed by atoms with Crippen LogP contribution < -0.4 is 0 Å². The Morgan fingerprint density at radius 1 is 0.900 bits per heavy atom. The number of rotatable bonds is 3. The first-order valence-electron chi connectivity index (χ1n) is 12.2. The van der Waals surface area contributed by atoms with Gasteiger partial charge in [-0.1, -0.05) is 20.8 Å². The molecule has 5 heteroatoms. The van der Waals surface area contributed by atoms with E-state index in [1.54, 1.807) is 7.11 Å². The number of ether oxygens (including phenoxy) is 1. The molecule has 0 aromatic heterocycles. The van der Waals surface area contributed by atoms with Gasteiger partial charge in [0.1, 0.15) is 0 Å². The molecule has 0 bridgehead atoms. The highest BCUT2D eigenvalue weighted by atomic mass is 19.4.